The first-order chi connectivity index (χ1) is 4.16. The third-order valence-corrected chi connectivity index (χ3v) is 0.699. The molecule has 0 heterocycles. The van der Waals surface area contributed by atoms with Gasteiger partial charge < -0.3 is 26.6 Å². The monoisotopic (exact) mass is 250 g/mol. The summed E-state index contributed by atoms with van der Waals surface area (Å²) in [6, 6.07) is 0. The van der Waals surface area contributed by atoms with E-state index in [0.29, 0.717) is 6.61 Å². The van der Waals surface area contributed by atoms with Crippen molar-refractivity contribution >= 4 is 11.8 Å². The Bertz CT molecular complexity index is 127. The van der Waals surface area contributed by atoms with E-state index in [1.165, 1.54) is 6.92 Å². The minimum atomic E-state index is -0.440. The standard InChI is InChI=1S/C6H10O3.4H2O.Ti/c1-3-9-6(8)4-5(2)7;;;;;/h3-4H2,1-2H3;4*1H2;. The molecule has 0 saturated carbocycles. The van der Waals surface area contributed by atoms with Crippen molar-refractivity contribution in [3.63, 3.8) is 0 Å². The van der Waals surface area contributed by atoms with Gasteiger partial charge in [0, 0.05) is 21.7 Å². The van der Waals surface area contributed by atoms with Crippen molar-refractivity contribution in [3.05, 3.63) is 0 Å². The van der Waals surface area contributed by atoms with Gasteiger partial charge in [0.05, 0.1) is 6.61 Å². The molecule has 88 valence electrons. The van der Waals surface area contributed by atoms with Gasteiger partial charge in [-0.05, 0) is 13.8 Å². The number of rotatable bonds is 3. The summed E-state index contributed by atoms with van der Waals surface area (Å²) in [6.07, 6.45) is -0.103. The fraction of sp³-hybridized carbons (Fsp3) is 0.667. The molecule has 7 nitrogen and oxygen atoms in total. The van der Waals surface area contributed by atoms with Crippen molar-refractivity contribution in [2.24, 2.45) is 0 Å². The van der Waals surface area contributed by atoms with Crippen molar-refractivity contribution in [2.45, 2.75) is 20.3 Å². The van der Waals surface area contributed by atoms with Gasteiger partial charge in [0.25, 0.3) is 0 Å². The van der Waals surface area contributed by atoms with Crippen molar-refractivity contribution in [1.82, 2.24) is 0 Å². The zero-order chi connectivity index (χ0) is 7.28. The summed E-state index contributed by atoms with van der Waals surface area (Å²) >= 11 is 0. The molecule has 0 atom stereocenters. The molecular weight excluding hydrogens is 232 g/mol. The van der Waals surface area contributed by atoms with Crippen LogP contribution in [0.5, 0.6) is 0 Å². The Morgan fingerprint density at radius 1 is 1.07 bits per heavy atom. The predicted octanol–water partition coefficient (Wildman–Crippen LogP) is -2.77. The minimum absolute atomic E-state index is 0. The van der Waals surface area contributed by atoms with E-state index >= 15 is 0 Å². The molecule has 0 amide bonds. The molecule has 0 aromatic rings. The smallest absolute Gasteiger partial charge is 0.313 e. The number of esters is 1. The first kappa shape index (κ1) is 37.3. The van der Waals surface area contributed by atoms with Crippen LogP contribution in [0, 0.1) is 0 Å². The van der Waals surface area contributed by atoms with Crippen LogP contribution < -0.4 is 0 Å². The SMILES string of the molecule is CCOC(=O)CC(C)=O.O.O.O.O.[Ti]. The van der Waals surface area contributed by atoms with Gasteiger partial charge in [-0.3, -0.25) is 9.59 Å². The molecule has 0 aliphatic carbocycles. The Morgan fingerprint density at radius 3 is 1.64 bits per heavy atom. The molecule has 0 rings (SSSR count). The number of ether oxygens (including phenoxy) is 1. The van der Waals surface area contributed by atoms with Crippen molar-refractivity contribution < 1.29 is 57.9 Å². The van der Waals surface area contributed by atoms with E-state index in [2.05, 4.69) is 4.74 Å². The largest absolute Gasteiger partial charge is 0.466 e. The molecule has 0 saturated heterocycles. The molecular formula is C6H18O7Ti. The maximum absolute atomic E-state index is 10.4. The topological polar surface area (TPSA) is 169 Å². The average Bonchev–Trinajstić information content (AvgIpc) is 1.63. The minimum Gasteiger partial charge on any atom is -0.466 e. The van der Waals surface area contributed by atoms with Crippen LogP contribution in [0.1, 0.15) is 20.3 Å². The van der Waals surface area contributed by atoms with E-state index in [1.54, 1.807) is 6.92 Å². The average molecular weight is 250 g/mol. The number of carbonyl (C=O) groups is 2. The van der Waals surface area contributed by atoms with Gasteiger partial charge in [0.2, 0.25) is 0 Å². The van der Waals surface area contributed by atoms with Crippen LogP contribution >= 0.6 is 0 Å². The normalized spacial score (nSPS) is 5.57. The fourth-order valence-corrected chi connectivity index (χ4v) is 0.415. The molecule has 8 N–H and O–H groups in total. The summed E-state index contributed by atoms with van der Waals surface area (Å²) in [5.74, 6) is -0.599. The molecule has 0 radical (unpaired) electrons. The van der Waals surface area contributed by atoms with Crippen LogP contribution in [0.25, 0.3) is 0 Å². The van der Waals surface area contributed by atoms with E-state index in [1.807, 2.05) is 0 Å². The fourth-order valence-electron chi connectivity index (χ4n) is 0.415. The molecule has 0 aliphatic rings. The summed E-state index contributed by atoms with van der Waals surface area (Å²) in [6.45, 7) is 3.40. The van der Waals surface area contributed by atoms with E-state index < -0.39 is 5.97 Å². The van der Waals surface area contributed by atoms with Crippen LogP contribution in [0.2, 0.25) is 0 Å². The first-order valence-electron chi connectivity index (χ1n) is 2.82. The Balaban J connectivity index is -0.0000000320. The van der Waals surface area contributed by atoms with Gasteiger partial charge in [-0.1, -0.05) is 0 Å². The Kier molecular flexibility index (Phi) is 61.1. The van der Waals surface area contributed by atoms with Crippen molar-refractivity contribution in [1.29, 1.82) is 0 Å². The van der Waals surface area contributed by atoms with Crippen LogP contribution in [-0.4, -0.2) is 40.3 Å². The summed E-state index contributed by atoms with van der Waals surface area (Å²) in [7, 11) is 0. The molecule has 0 aromatic carbocycles. The van der Waals surface area contributed by atoms with Gasteiger partial charge >= 0.3 is 5.97 Å². The second-order valence-electron chi connectivity index (χ2n) is 1.68. The van der Waals surface area contributed by atoms with Crippen LogP contribution in [0.3, 0.4) is 0 Å². The third-order valence-electron chi connectivity index (χ3n) is 0.699. The summed E-state index contributed by atoms with van der Waals surface area (Å²) in [5.41, 5.74) is 0. The zero-order valence-electron chi connectivity index (χ0n) is 8.14. The van der Waals surface area contributed by atoms with E-state index in [9.17, 15) is 9.59 Å². The van der Waals surface area contributed by atoms with Gasteiger partial charge in [-0.2, -0.15) is 0 Å². The molecule has 8 heteroatoms. The van der Waals surface area contributed by atoms with Crippen molar-refractivity contribution in [2.75, 3.05) is 6.61 Å². The number of carbonyl (C=O) groups excluding carboxylic acids is 2. The molecule has 14 heavy (non-hydrogen) atoms. The quantitative estimate of drug-likeness (QED) is 0.300. The van der Waals surface area contributed by atoms with Gasteiger partial charge in [0.1, 0.15) is 12.2 Å². The summed E-state index contributed by atoms with van der Waals surface area (Å²) in [4.78, 5) is 20.6. The second-order valence-corrected chi connectivity index (χ2v) is 1.68. The van der Waals surface area contributed by atoms with Crippen molar-refractivity contribution in [3.8, 4) is 0 Å². The van der Waals surface area contributed by atoms with Gasteiger partial charge in [-0.25, -0.2) is 0 Å². The van der Waals surface area contributed by atoms with E-state index in [-0.39, 0.29) is 55.8 Å². The number of hydrogen-bond acceptors (Lipinski definition) is 3. The molecule has 0 aromatic heterocycles. The van der Waals surface area contributed by atoms with E-state index in [0.717, 1.165) is 0 Å². The number of ketones is 1. The summed E-state index contributed by atoms with van der Waals surface area (Å²) in [5, 5.41) is 0. The Hall–Kier alpha value is -0.306. The molecule has 0 aliphatic heterocycles. The number of Topliss-reactive ketones (excluding diaryl/α,β-unsaturated/α-hetero) is 1. The van der Waals surface area contributed by atoms with E-state index in [4.69, 9.17) is 0 Å². The summed E-state index contributed by atoms with van der Waals surface area (Å²) < 4.78 is 4.49. The Labute approximate surface area is 96.9 Å². The molecule has 0 bridgehead atoms. The van der Waals surface area contributed by atoms with Gasteiger partial charge in [-0.15, -0.1) is 0 Å². The molecule has 0 spiro atoms. The molecule has 0 fully saturated rings. The zero-order valence-corrected chi connectivity index (χ0v) is 9.70. The first-order valence-corrected chi connectivity index (χ1v) is 2.82. The molecule has 0 unspecified atom stereocenters. The van der Waals surface area contributed by atoms with Crippen LogP contribution in [0.15, 0.2) is 0 Å². The second kappa shape index (κ2) is 23.0. The predicted molar refractivity (Wildman–Crippen MR) is 46.4 cm³/mol. The maximum atomic E-state index is 10.4. The van der Waals surface area contributed by atoms with Crippen LogP contribution in [-0.2, 0) is 36.0 Å². The third kappa shape index (κ3) is 29.8. The van der Waals surface area contributed by atoms with Crippen LogP contribution in [0.4, 0.5) is 0 Å². The van der Waals surface area contributed by atoms with Gasteiger partial charge in [0.15, 0.2) is 0 Å². The number of hydrogen-bond donors (Lipinski definition) is 0. The Morgan fingerprint density at radius 2 is 1.43 bits per heavy atom. The maximum Gasteiger partial charge on any atom is 0.313 e.